The van der Waals surface area contributed by atoms with Gasteiger partial charge in [0.2, 0.25) is 10.0 Å². The van der Waals surface area contributed by atoms with E-state index in [0.717, 1.165) is 5.57 Å². The highest BCUT2D eigenvalue weighted by atomic mass is 32.2. The number of nitrogens with one attached hydrogen (secondary N) is 1. The summed E-state index contributed by atoms with van der Waals surface area (Å²) < 4.78 is 41.8. The number of carbonyl (C=O) groups is 1. The SMILES string of the molecule is CC(C)=C1C(=O)Nc2ccc(S(=O)(=O)N3CCN(c4ccccc4F)CC3)cc21. The lowest BCUT2D eigenvalue weighted by Gasteiger charge is -2.35. The summed E-state index contributed by atoms with van der Waals surface area (Å²) in [5.74, 6) is -0.526. The molecule has 0 saturated carbocycles. The molecule has 2 aromatic rings. The third-order valence-electron chi connectivity index (χ3n) is 5.31. The molecule has 152 valence electrons. The number of hydrogen-bond donors (Lipinski definition) is 1. The van der Waals surface area contributed by atoms with E-state index < -0.39 is 10.0 Å². The smallest absolute Gasteiger partial charge is 0.256 e. The maximum atomic E-state index is 14.0. The highest BCUT2D eigenvalue weighted by Crippen LogP contribution is 2.36. The summed E-state index contributed by atoms with van der Waals surface area (Å²) in [5.41, 5.74) is 3.06. The molecule has 0 unspecified atom stereocenters. The molecule has 0 atom stereocenters. The lowest BCUT2D eigenvalue weighted by molar-refractivity contribution is -0.110. The van der Waals surface area contributed by atoms with E-state index in [0.29, 0.717) is 35.6 Å². The van der Waals surface area contributed by atoms with Crippen molar-refractivity contribution in [1.29, 1.82) is 0 Å². The minimum atomic E-state index is -3.71. The molecule has 2 aliphatic heterocycles. The lowest BCUT2D eigenvalue weighted by Crippen LogP contribution is -2.48. The van der Waals surface area contributed by atoms with Gasteiger partial charge in [0.15, 0.2) is 0 Å². The average molecular weight is 415 g/mol. The van der Waals surface area contributed by atoms with Crippen molar-refractivity contribution in [2.75, 3.05) is 36.4 Å². The average Bonchev–Trinajstić information content (AvgIpc) is 3.03. The van der Waals surface area contributed by atoms with Crippen LogP contribution < -0.4 is 10.2 Å². The van der Waals surface area contributed by atoms with Gasteiger partial charge in [-0.1, -0.05) is 17.7 Å². The van der Waals surface area contributed by atoms with Gasteiger partial charge in [0.05, 0.1) is 10.6 Å². The van der Waals surface area contributed by atoms with Crippen molar-refractivity contribution in [3.63, 3.8) is 0 Å². The number of carbonyl (C=O) groups excluding carboxylic acids is 1. The van der Waals surface area contributed by atoms with Crippen molar-refractivity contribution >= 4 is 32.9 Å². The van der Waals surface area contributed by atoms with E-state index in [1.807, 2.05) is 18.7 Å². The molecule has 6 nitrogen and oxygen atoms in total. The standard InChI is InChI=1S/C21H22FN3O3S/c1-14(2)20-16-13-15(7-8-18(16)23-21(20)26)29(27,28)25-11-9-24(10-12-25)19-6-4-3-5-17(19)22/h3-8,13H,9-12H2,1-2H3,(H,23,26). The highest BCUT2D eigenvalue weighted by molar-refractivity contribution is 7.89. The Morgan fingerprint density at radius 1 is 1.03 bits per heavy atom. The van der Waals surface area contributed by atoms with Crippen LogP contribution in [-0.2, 0) is 14.8 Å². The molecule has 2 heterocycles. The predicted molar refractivity (Wildman–Crippen MR) is 111 cm³/mol. The van der Waals surface area contributed by atoms with Crippen LogP contribution in [0.5, 0.6) is 0 Å². The van der Waals surface area contributed by atoms with Crippen molar-refractivity contribution in [3.05, 3.63) is 59.4 Å². The first kappa shape index (κ1) is 19.6. The van der Waals surface area contributed by atoms with Gasteiger partial charge in [-0.15, -0.1) is 0 Å². The van der Waals surface area contributed by atoms with Crippen molar-refractivity contribution in [3.8, 4) is 0 Å². The number of allylic oxidation sites excluding steroid dienone is 1. The molecule has 1 amide bonds. The Hall–Kier alpha value is -2.71. The van der Waals surface area contributed by atoms with Gasteiger partial charge in [-0.25, -0.2) is 12.8 Å². The molecule has 4 rings (SSSR count). The zero-order valence-corrected chi connectivity index (χ0v) is 17.1. The van der Waals surface area contributed by atoms with Crippen LogP contribution in [0.4, 0.5) is 15.8 Å². The highest BCUT2D eigenvalue weighted by Gasteiger charge is 2.32. The Balaban J connectivity index is 1.57. The quantitative estimate of drug-likeness (QED) is 0.783. The number of rotatable bonds is 3. The van der Waals surface area contributed by atoms with E-state index in [2.05, 4.69) is 5.32 Å². The van der Waals surface area contributed by atoms with Crippen LogP contribution in [0.1, 0.15) is 19.4 Å². The summed E-state index contributed by atoms with van der Waals surface area (Å²) in [4.78, 5) is 14.2. The molecule has 2 aliphatic rings. The minimum Gasteiger partial charge on any atom is -0.367 e. The van der Waals surface area contributed by atoms with Crippen LogP contribution in [0.25, 0.3) is 5.57 Å². The molecule has 8 heteroatoms. The Morgan fingerprint density at radius 2 is 1.72 bits per heavy atom. The van der Waals surface area contributed by atoms with E-state index in [9.17, 15) is 17.6 Å². The van der Waals surface area contributed by atoms with Crippen molar-refractivity contribution in [2.24, 2.45) is 0 Å². The summed E-state index contributed by atoms with van der Waals surface area (Å²) in [7, 11) is -3.71. The first-order chi connectivity index (χ1) is 13.8. The van der Waals surface area contributed by atoms with Crippen LogP contribution in [0.3, 0.4) is 0 Å². The van der Waals surface area contributed by atoms with Crippen LogP contribution >= 0.6 is 0 Å². The molecule has 29 heavy (non-hydrogen) atoms. The predicted octanol–water partition coefficient (Wildman–Crippen LogP) is 3.08. The number of para-hydroxylation sites is 1. The number of hydrogen-bond acceptors (Lipinski definition) is 4. The number of nitrogens with zero attached hydrogens (tertiary/aromatic N) is 2. The van der Waals surface area contributed by atoms with Gasteiger partial charge in [-0.05, 0) is 44.2 Å². The maximum absolute atomic E-state index is 14.0. The summed E-state index contributed by atoms with van der Waals surface area (Å²) in [6.07, 6.45) is 0. The summed E-state index contributed by atoms with van der Waals surface area (Å²) in [6.45, 7) is 5.00. The Labute approximate surface area is 169 Å². The third kappa shape index (κ3) is 3.42. The number of anilines is 2. The number of sulfonamides is 1. The lowest BCUT2D eigenvalue weighted by atomic mass is 10.0. The number of piperazine rings is 1. The zero-order valence-electron chi connectivity index (χ0n) is 16.3. The fourth-order valence-electron chi connectivity index (χ4n) is 3.83. The first-order valence-electron chi connectivity index (χ1n) is 9.42. The van der Waals surface area contributed by atoms with E-state index in [1.165, 1.54) is 16.4 Å². The Kier molecular flexibility index (Phi) is 4.92. The molecule has 0 spiro atoms. The van der Waals surface area contributed by atoms with Gasteiger partial charge in [0.25, 0.3) is 5.91 Å². The van der Waals surface area contributed by atoms with Crippen LogP contribution in [0.2, 0.25) is 0 Å². The van der Waals surface area contributed by atoms with E-state index >= 15 is 0 Å². The van der Waals surface area contributed by atoms with E-state index in [4.69, 9.17) is 0 Å². The second-order valence-electron chi connectivity index (χ2n) is 7.38. The molecule has 1 fully saturated rings. The number of amides is 1. The first-order valence-corrected chi connectivity index (χ1v) is 10.9. The summed E-state index contributed by atoms with van der Waals surface area (Å²) in [6, 6.07) is 11.2. The Morgan fingerprint density at radius 3 is 2.38 bits per heavy atom. The largest absolute Gasteiger partial charge is 0.367 e. The number of halogens is 1. The molecule has 2 aromatic carbocycles. The van der Waals surface area contributed by atoms with E-state index in [-0.39, 0.29) is 29.7 Å². The Bertz CT molecular complexity index is 1120. The van der Waals surface area contributed by atoms with Crippen molar-refractivity contribution in [1.82, 2.24) is 4.31 Å². The van der Waals surface area contributed by atoms with Gasteiger partial charge in [0.1, 0.15) is 5.82 Å². The van der Waals surface area contributed by atoms with Gasteiger partial charge in [-0.2, -0.15) is 4.31 Å². The molecular weight excluding hydrogens is 393 g/mol. The normalized spacial score (nSPS) is 17.3. The molecular formula is C21H22FN3O3S. The van der Waals surface area contributed by atoms with Crippen LogP contribution in [0, 0.1) is 5.82 Å². The third-order valence-corrected chi connectivity index (χ3v) is 7.20. The molecule has 0 aromatic heterocycles. The second-order valence-corrected chi connectivity index (χ2v) is 9.32. The van der Waals surface area contributed by atoms with Gasteiger partial charge >= 0.3 is 0 Å². The van der Waals surface area contributed by atoms with Crippen LogP contribution in [-0.4, -0.2) is 44.8 Å². The minimum absolute atomic E-state index is 0.158. The van der Waals surface area contributed by atoms with Crippen molar-refractivity contribution in [2.45, 2.75) is 18.7 Å². The van der Waals surface area contributed by atoms with Gasteiger partial charge in [-0.3, -0.25) is 4.79 Å². The van der Waals surface area contributed by atoms with Crippen molar-refractivity contribution < 1.29 is 17.6 Å². The summed E-state index contributed by atoms with van der Waals surface area (Å²) >= 11 is 0. The number of benzene rings is 2. The molecule has 0 aliphatic carbocycles. The fraction of sp³-hybridized carbons (Fsp3) is 0.286. The molecule has 0 bridgehead atoms. The number of fused-ring (bicyclic) bond motifs is 1. The van der Waals surface area contributed by atoms with Gasteiger partial charge < -0.3 is 10.2 Å². The monoisotopic (exact) mass is 415 g/mol. The van der Waals surface area contributed by atoms with Gasteiger partial charge in [0, 0.05) is 43.0 Å². The topological polar surface area (TPSA) is 69.7 Å². The summed E-state index contributed by atoms with van der Waals surface area (Å²) in [5, 5.41) is 2.77. The van der Waals surface area contributed by atoms with Crippen LogP contribution in [0.15, 0.2) is 52.9 Å². The molecule has 1 N–H and O–H groups in total. The zero-order chi connectivity index (χ0) is 20.8. The maximum Gasteiger partial charge on any atom is 0.256 e. The molecule has 0 radical (unpaired) electrons. The second kappa shape index (κ2) is 7.27. The molecule has 1 saturated heterocycles. The fourth-order valence-corrected chi connectivity index (χ4v) is 5.28. The van der Waals surface area contributed by atoms with E-state index in [1.54, 1.807) is 30.3 Å².